The predicted molar refractivity (Wildman–Crippen MR) is 63.2 cm³/mol. The molecule has 1 fully saturated rings. The highest BCUT2D eigenvalue weighted by molar-refractivity contribution is 9.10. The Balaban J connectivity index is 2.17. The van der Waals surface area contributed by atoms with Gasteiger partial charge < -0.3 is 5.32 Å². The molecule has 88 valence electrons. The Kier molecular flexibility index (Phi) is 3.02. The zero-order chi connectivity index (χ0) is 11.8. The van der Waals surface area contributed by atoms with Gasteiger partial charge in [-0.1, -0.05) is 0 Å². The summed E-state index contributed by atoms with van der Waals surface area (Å²) < 4.78 is 22.8. The lowest BCUT2D eigenvalue weighted by atomic mass is 10.2. The van der Waals surface area contributed by atoms with Gasteiger partial charge in [-0.15, -0.1) is 0 Å². The van der Waals surface area contributed by atoms with Crippen LogP contribution < -0.4 is 10.9 Å². The number of rotatable bonds is 2. The van der Waals surface area contributed by atoms with E-state index in [1.54, 1.807) is 0 Å². The van der Waals surface area contributed by atoms with Crippen molar-refractivity contribution in [3.8, 4) is 0 Å². The topological polar surface area (TPSA) is 91.9 Å². The summed E-state index contributed by atoms with van der Waals surface area (Å²) in [6.45, 7) is 0. The van der Waals surface area contributed by atoms with Gasteiger partial charge in [0.1, 0.15) is 4.47 Å². The van der Waals surface area contributed by atoms with Crippen molar-refractivity contribution in [2.45, 2.75) is 12.5 Å². The van der Waals surface area contributed by atoms with Crippen molar-refractivity contribution in [3.63, 3.8) is 0 Å². The number of halogens is 1. The molecule has 0 saturated carbocycles. The van der Waals surface area contributed by atoms with Crippen LogP contribution in [0.2, 0.25) is 0 Å². The van der Waals surface area contributed by atoms with Crippen LogP contribution in [0.25, 0.3) is 0 Å². The Morgan fingerprint density at radius 2 is 2.31 bits per heavy atom. The molecule has 1 atom stereocenters. The lowest BCUT2D eigenvalue weighted by Gasteiger charge is -2.12. The van der Waals surface area contributed by atoms with Crippen LogP contribution in [0.4, 0.5) is 5.69 Å². The fraction of sp³-hybridized carbons (Fsp3) is 0.500. The van der Waals surface area contributed by atoms with Crippen molar-refractivity contribution < 1.29 is 8.42 Å². The number of hydrogen-bond donors (Lipinski definition) is 2. The lowest BCUT2D eigenvalue weighted by molar-refractivity contribution is 0.602. The van der Waals surface area contributed by atoms with E-state index in [2.05, 4.69) is 31.4 Å². The number of sulfone groups is 1. The number of nitrogens with zero attached hydrogens (tertiary/aromatic N) is 1. The standard InChI is InChI=1S/C8H10BrN3O3S/c9-7-6(3-10-12-8(7)13)11-5-1-2-16(14,15)4-5/h3,5H,1-2,4H2,(H2,11,12,13). The molecule has 2 N–H and O–H groups in total. The van der Waals surface area contributed by atoms with E-state index in [1.165, 1.54) is 6.20 Å². The van der Waals surface area contributed by atoms with Crippen molar-refractivity contribution in [1.29, 1.82) is 0 Å². The number of anilines is 1. The summed E-state index contributed by atoms with van der Waals surface area (Å²) in [6, 6.07) is -0.148. The maximum Gasteiger partial charge on any atom is 0.280 e. The van der Waals surface area contributed by atoms with Gasteiger partial charge in [0.05, 0.1) is 23.4 Å². The molecule has 0 aromatic carbocycles. The van der Waals surface area contributed by atoms with Crippen molar-refractivity contribution in [1.82, 2.24) is 10.2 Å². The molecule has 1 aliphatic heterocycles. The first-order valence-corrected chi connectivity index (χ1v) is 7.29. The number of nitrogens with one attached hydrogen (secondary N) is 2. The molecular formula is C8H10BrN3O3S. The van der Waals surface area contributed by atoms with Crippen LogP contribution in [0.15, 0.2) is 15.5 Å². The zero-order valence-corrected chi connectivity index (χ0v) is 10.6. The summed E-state index contributed by atoms with van der Waals surface area (Å²) in [5.41, 5.74) is 0.178. The zero-order valence-electron chi connectivity index (χ0n) is 8.23. The molecule has 0 aliphatic carbocycles. The second-order valence-electron chi connectivity index (χ2n) is 3.67. The second kappa shape index (κ2) is 4.17. The van der Waals surface area contributed by atoms with Crippen molar-refractivity contribution in [2.75, 3.05) is 16.8 Å². The number of hydrogen-bond acceptors (Lipinski definition) is 5. The highest BCUT2D eigenvalue weighted by Gasteiger charge is 2.28. The number of H-pyrrole nitrogens is 1. The quantitative estimate of drug-likeness (QED) is 0.810. The summed E-state index contributed by atoms with van der Waals surface area (Å²) in [5, 5.41) is 8.91. The molecular weight excluding hydrogens is 298 g/mol. The van der Waals surface area contributed by atoms with Crippen LogP contribution in [-0.2, 0) is 9.84 Å². The molecule has 1 unspecified atom stereocenters. The fourth-order valence-electron chi connectivity index (χ4n) is 1.61. The van der Waals surface area contributed by atoms with E-state index in [9.17, 15) is 13.2 Å². The molecule has 0 spiro atoms. The first-order valence-electron chi connectivity index (χ1n) is 4.68. The summed E-state index contributed by atoms with van der Waals surface area (Å²) in [6.07, 6.45) is 2.01. The average Bonchev–Trinajstić information content (AvgIpc) is 2.53. The molecule has 6 nitrogen and oxygen atoms in total. The van der Waals surface area contributed by atoms with Gasteiger partial charge >= 0.3 is 0 Å². The minimum absolute atomic E-state index is 0.103. The minimum atomic E-state index is -2.92. The Labute approximate surface area is 100 Å². The molecule has 0 bridgehead atoms. The maximum absolute atomic E-state index is 11.2. The van der Waals surface area contributed by atoms with E-state index < -0.39 is 9.84 Å². The van der Waals surface area contributed by atoms with Crippen molar-refractivity contribution in [3.05, 3.63) is 21.0 Å². The van der Waals surface area contributed by atoms with Gasteiger partial charge in [-0.3, -0.25) is 4.79 Å². The molecule has 0 amide bonds. The van der Waals surface area contributed by atoms with E-state index >= 15 is 0 Å². The number of aromatic amines is 1. The Morgan fingerprint density at radius 3 is 2.94 bits per heavy atom. The third-order valence-electron chi connectivity index (χ3n) is 2.39. The maximum atomic E-state index is 11.2. The van der Waals surface area contributed by atoms with Gasteiger partial charge in [-0.2, -0.15) is 5.10 Å². The SMILES string of the molecule is O=c1[nH]ncc(NC2CCS(=O)(=O)C2)c1Br. The van der Waals surface area contributed by atoms with Gasteiger partial charge in [0, 0.05) is 6.04 Å². The van der Waals surface area contributed by atoms with Gasteiger partial charge in [-0.05, 0) is 22.4 Å². The Hall–Kier alpha value is -0.890. The molecule has 16 heavy (non-hydrogen) atoms. The van der Waals surface area contributed by atoms with E-state index in [1.807, 2.05) is 0 Å². The molecule has 1 aromatic rings. The third-order valence-corrected chi connectivity index (χ3v) is 4.94. The minimum Gasteiger partial charge on any atom is -0.379 e. The molecule has 0 radical (unpaired) electrons. The summed E-state index contributed by atoms with van der Waals surface area (Å²) in [5.74, 6) is 0.297. The fourth-order valence-corrected chi connectivity index (χ4v) is 3.59. The highest BCUT2D eigenvalue weighted by Crippen LogP contribution is 2.20. The van der Waals surface area contributed by atoms with E-state index in [-0.39, 0.29) is 23.1 Å². The molecule has 2 heterocycles. The molecule has 1 saturated heterocycles. The molecule has 1 aliphatic rings. The summed E-state index contributed by atoms with van der Waals surface area (Å²) >= 11 is 3.12. The van der Waals surface area contributed by atoms with Gasteiger partial charge in [0.15, 0.2) is 9.84 Å². The molecule has 8 heteroatoms. The van der Waals surface area contributed by atoms with E-state index in [0.717, 1.165) is 0 Å². The van der Waals surface area contributed by atoms with Crippen molar-refractivity contribution in [2.24, 2.45) is 0 Å². The van der Waals surface area contributed by atoms with E-state index in [0.29, 0.717) is 16.6 Å². The second-order valence-corrected chi connectivity index (χ2v) is 6.69. The van der Waals surface area contributed by atoms with E-state index in [4.69, 9.17) is 0 Å². The highest BCUT2D eigenvalue weighted by atomic mass is 79.9. The van der Waals surface area contributed by atoms with Gasteiger partial charge in [-0.25, -0.2) is 13.5 Å². The lowest BCUT2D eigenvalue weighted by Crippen LogP contribution is -2.23. The Morgan fingerprint density at radius 1 is 1.56 bits per heavy atom. The van der Waals surface area contributed by atoms with Crippen LogP contribution in [0.1, 0.15) is 6.42 Å². The predicted octanol–water partition coefficient (Wildman–Crippen LogP) is 0.131. The largest absolute Gasteiger partial charge is 0.379 e. The smallest absolute Gasteiger partial charge is 0.280 e. The first kappa shape index (κ1) is 11.6. The van der Waals surface area contributed by atoms with Crippen LogP contribution in [0, 0.1) is 0 Å². The van der Waals surface area contributed by atoms with Crippen LogP contribution in [0.5, 0.6) is 0 Å². The summed E-state index contributed by atoms with van der Waals surface area (Å²) in [7, 11) is -2.92. The average molecular weight is 308 g/mol. The Bertz CT molecular complexity index is 554. The molecule has 2 rings (SSSR count). The first-order chi connectivity index (χ1) is 7.48. The van der Waals surface area contributed by atoms with Crippen LogP contribution >= 0.6 is 15.9 Å². The van der Waals surface area contributed by atoms with Crippen molar-refractivity contribution >= 4 is 31.5 Å². The van der Waals surface area contributed by atoms with Crippen LogP contribution in [0.3, 0.4) is 0 Å². The monoisotopic (exact) mass is 307 g/mol. The van der Waals surface area contributed by atoms with Crippen LogP contribution in [-0.4, -0.2) is 36.2 Å². The molecule has 1 aromatic heterocycles. The normalized spacial score (nSPS) is 23.2. The third kappa shape index (κ3) is 2.43. The van der Waals surface area contributed by atoms with Gasteiger partial charge in [0.2, 0.25) is 0 Å². The summed E-state index contributed by atoms with van der Waals surface area (Å²) in [4.78, 5) is 11.2. The number of aromatic nitrogens is 2. The van der Waals surface area contributed by atoms with Gasteiger partial charge in [0.25, 0.3) is 5.56 Å².